The van der Waals surface area contributed by atoms with Gasteiger partial charge in [-0.25, -0.2) is 9.97 Å². The molecule has 4 rings (SSSR count). The molecule has 32 heavy (non-hydrogen) atoms. The van der Waals surface area contributed by atoms with Crippen molar-refractivity contribution in [2.75, 3.05) is 24.5 Å². The summed E-state index contributed by atoms with van der Waals surface area (Å²) in [5.74, 6) is 0.353. The second-order valence-corrected chi connectivity index (χ2v) is 8.59. The molecule has 0 saturated carbocycles. The van der Waals surface area contributed by atoms with Crippen LogP contribution in [0.25, 0.3) is 11.2 Å². The predicted molar refractivity (Wildman–Crippen MR) is 127 cm³/mol. The molecule has 3 aromatic rings. The molecular formula is C25H31N5O2. The molecule has 7 nitrogen and oxygen atoms in total. The molecule has 1 atom stereocenters. The highest BCUT2D eigenvalue weighted by Gasteiger charge is 2.28. The van der Waals surface area contributed by atoms with E-state index in [9.17, 15) is 9.59 Å². The lowest BCUT2D eigenvalue weighted by molar-refractivity contribution is -0.125. The zero-order chi connectivity index (χ0) is 22.5. The lowest BCUT2D eigenvalue weighted by Crippen LogP contribution is -2.45. The molecule has 2 aromatic heterocycles. The summed E-state index contributed by atoms with van der Waals surface area (Å²) in [5, 5.41) is 3.04. The highest BCUT2D eigenvalue weighted by atomic mass is 16.2. The van der Waals surface area contributed by atoms with Crippen LogP contribution in [-0.2, 0) is 11.3 Å². The van der Waals surface area contributed by atoms with Crippen molar-refractivity contribution in [3.8, 4) is 0 Å². The molecule has 0 radical (unpaired) electrons. The summed E-state index contributed by atoms with van der Waals surface area (Å²) in [6.07, 6.45) is 5.40. The molecule has 3 heterocycles. The second kappa shape index (κ2) is 9.94. The van der Waals surface area contributed by atoms with Gasteiger partial charge in [-0.1, -0.05) is 43.2 Å². The Morgan fingerprint density at radius 1 is 1.22 bits per heavy atom. The first-order chi connectivity index (χ1) is 15.6. The van der Waals surface area contributed by atoms with Crippen molar-refractivity contribution < 1.29 is 4.79 Å². The van der Waals surface area contributed by atoms with E-state index in [-0.39, 0.29) is 17.4 Å². The lowest BCUT2D eigenvalue weighted by atomic mass is 9.97. The number of unbranched alkanes of at least 4 members (excludes halogenated alkanes) is 1. The molecule has 1 aromatic carbocycles. The number of benzene rings is 1. The molecule has 1 fully saturated rings. The average Bonchev–Trinajstić information content (AvgIpc) is 2.82. The number of hydrogen-bond acceptors (Lipinski definition) is 5. The standard InChI is InChI=1S/C25H31N5O2/c1-3-4-13-27-24(31)20-7-6-15-29(17-20)23-25(32)30(16-19-11-9-18(2)10-12-19)22-21(28-23)8-5-14-26-22/h5,8-12,14,20H,3-4,6-7,13,15-17H2,1-2H3,(H,27,31). The largest absolute Gasteiger partial charge is 0.356 e. The van der Waals surface area contributed by atoms with Gasteiger partial charge in [0.05, 0.1) is 12.5 Å². The second-order valence-electron chi connectivity index (χ2n) is 8.59. The van der Waals surface area contributed by atoms with E-state index in [0.717, 1.165) is 37.8 Å². The van der Waals surface area contributed by atoms with E-state index in [1.807, 2.05) is 48.2 Å². The fourth-order valence-corrected chi connectivity index (χ4v) is 4.21. The number of nitrogens with zero attached hydrogens (tertiary/aromatic N) is 4. The number of nitrogens with one attached hydrogen (secondary N) is 1. The Labute approximate surface area is 188 Å². The highest BCUT2D eigenvalue weighted by molar-refractivity contribution is 5.79. The first kappa shape index (κ1) is 22.0. The number of pyridine rings is 1. The fourth-order valence-electron chi connectivity index (χ4n) is 4.21. The van der Waals surface area contributed by atoms with Crippen LogP contribution in [0.4, 0.5) is 5.82 Å². The summed E-state index contributed by atoms with van der Waals surface area (Å²) >= 11 is 0. The number of rotatable bonds is 7. The van der Waals surface area contributed by atoms with Gasteiger partial charge in [0, 0.05) is 25.8 Å². The van der Waals surface area contributed by atoms with Crippen LogP contribution in [0.5, 0.6) is 0 Å². The molecule has 7 heteroatoms. The van der Waals surface area contributed by atoms with Crippen molar-refractivity contribution in [1.29, 1.82) is 0 Å². The van der Waals surface area contributed by atoms with E-state index in [1.54, 1.807) is 10.8 Å². The van der Waals surface area contributed by atoms with Gasteiger partial charge in [-0.2, -0.15) is 0 Å². The topological polar surface area (TPSA) is 80.1 Å². The van der Waals surface area contributed by atoms with Crippen LogP contribution in [0.2, 0.25) is 0 Å². The maximum absolute atomic E-state index is 13.6. The number of anilines is 1. The molecule has 0 aliphatic carbocycles. The molecule has 1 aliphatic heterocycles. The maximum Gasteiger partial charge on any atom is 0.295 e. The molecule has 168 valence electrons. The number of aromatic nitrogens is 3. The van der Waals surface area contributed by atoms with Crippen LogP contribution in [0, 0.1) is 12.8 Å². The van der Waals surface area contributed by atoms with Gasteiger partial charge >= 0.3 is 0 Å². The number of carbonyl (C=O) groups is 1. The molecule has 1 amide bonds. The summed E-state index contributed by atoms with van der Waals surface area (Å²) in [6.45, 7) is 6.51. The SMILES string of the molecule is CCCCNC(=O)C1CCCN(c2nc3cccnc3n(Cc3ccc(C)cc3)c2=O)C1. The summed E-state index contributed by atoms with van der Waals surface area (Å²) in [7, 11) is 0. The van der Waals surface area contributed by atoms with Crippen molar-refractivity contribution >= 4 is 22.9 Å². The Bertz CT molecular complexity index is 1140. The van der Waals surface area contributed by atoms with Crippen molar-refractivity contribution in [2.24, 2.45) is 5.92 Å². The third-order valence-electron chi connectivity index (χ3n) is 6.07. The van der Waals surface area contributed by atoms with E-state index >= 15 is 0 Å². The van der Waals surface area contributed by atoms with E-state index in [0.29, 0.717) is 36.6 Å². The quantitative estimate of drug-likeness (QED) is 0.579. The number of fused-ring (bicyclic) bond motifs is 1. The van der Waals surface area contributed by atoms with Gasteiger partial charge in [-0.05, 0) is 43.9 Å². The summed E-state index contributed by atoms with van der Waals surface area (Å²) in [4.78, 5) is 37.3. The first-order valence-electron chi connectivity index (χ1n) is 11.5. The van der Waals surface area contributed by atoms with Crippen molar-refractivity contribution in [2.45, 2.75) is 46.1 Å². The lowest BCUT2D eigenvalue weighted by Gasteiger charge is -2.32. The first-order valence-corrected chi connectivity index (χ1v) is 11.5. The summed E-state index contributed by atoms with van der Waals surface area (Å²) < 4.78 is 1.70. The smallest absolute Gasteiger partial charge is 0.295 e. The number of piperidine rings is 1. The molecule has 1 unspecified atom stereocenters. The van der Waals surface area contributed by atoms with Crippen LogP contribution in [0.3, 0.4) is 0 Å². The molecular weight excluding hydrogens is 402 g/mol. The van der Waals surface area contributed by atoms with E-state index in [1.165, 1.54) is 5.56 Å². The Kier molecular flexibility index (Phi) is 6.83. The van der Waals surface area contributed by atoms with E-state index in [4.69, 9.17) is 0 Å². The minimum Gasteiger partial charge on any atom is -0.356 e. The van der Waals surface area contributed by atoms with Crippen LogP contribution >= 0.6 is 0 Å². The van der Waals surface area contributed by atoms with Gasteiger partial charge in [0.2, 0.25) is 5.91 Å². The molecule has 1 N–H and O–H groups in total. The minimum absolute atomic E-state index is 0.0746. The predicted octanol–water partition coefficient (Wildman–Crippen LogP) is 3.28. The maximum atomic E-state index is 13.6. The van der Waals surface area contributed by atoms with Crippen molar-refractivity contribution in [3.05, 3.63) is 64.1 Å². The number of aryl methyl sites for hydroxylation is 1. The van der Waals surface area contributed by atoms with Gasteiger partial charge in [0.1, 0.15) is 5.52 Å². The number of amides is 1. The third-order valence-corrected chi connectivity index (χ3v) is 6.07. The molecule has 1 saturated heterocycles. The Morgan fingerprint density at radius 3 is 2.81 bits per heavy atom. The summed E-state index contributed by atoms with van der Waals surface area (Å²) in [5.41, 5.74) is 3.31. The normalized spacial score (nSPS) is 16.3. The third kappa shape index (κ3) is 4.82. The average molecular weight is 434 g/mol. The highest BCUT2D eigenvalue weighted by Crippen LogP contribution is 2.22. The number of hydrogen-bond donors (Lipinski definition) is 1. The summed E-state index contributed by atoms with van der Waals surface area (Å²) in [6, 6.07) is 11.9. The van der Waals surface area contributed by atoms with Gasteiger partial charge in [0.25, 0.3) is 5.56 Å². The van der Waals surface area contributed by atoms with Crippen LogP contribution in [-0.4, -0.2) is 40.1 Å². The Morgan fingerprint density at radius 2 is 2.03 bits per heavy atom. The van der Waals surface area contributed by atoms with Crippen molar-refractivity contribution in [1.82, 2.24) is 19.9 Å². The zero-order valence-corrected chi connectivity index (χ0v) is 18.9. The molecule has 1 aliphatic rings. The monoisotopic (exact) mass is 433 g/mol. The number of carbonyl (C=O) groups excluding carboxylic acids is 1. The zero-order valence-electron chi connectivity index (χ0n) is 18.9. The Hall–Kier alpha value is -3.22. The van der Waals surface area contributed by atoms with Crippen LogP contribution in [0.15, 0.2) is 47.4 Å². The van der Waals surface area contributed by atoms with Crippen LogP contribution in [0.1, 0.15) is 43.7 Å². The van der Waals surface area contributed by atoms with E-state index < -0.39 is 0 Å². The molecule has 0 spiro atoms. The van der Waals surface area contributed by atoms with Gasteiger partial charge in [-0.15, -0.1) is 0 Å². The minimum atomic E-state index is -0.163. The van der Waals surface area contributed by atoms with Gasteiger partial charge in [-0.3, -0.25) is 14.2 Å². The van der Waals surface area contributed by atoms with Gasteiger partial charge < -0.3 is 10.2 Å². The molecule has 0 bridgehead atoms. The van der Waals surface area contributed by atoms with Crippen molar-refractivity contribution in [3.63, 3.8) is 0 Å². The van der Waals surface area contributed by atoms with Gasteiger partial charge in [0.15, 0.2) is 11.5 Å². The fraction of sp³-hybridized carbons (Fsp3) is 0.440. The Balaban J connectivity index is 1.65. The van der Waals surface area contributed by atoms with E-state index in [2.05, 4.69) is 22.2 Å². The van der Waals surface area contributed by atoms with Crippen LogP contribution < -0.4 is 15.8 Å².